The van der Waals surface area contributed by atoms with Gasteiger partial charge < -0.3 is 5.32 Å². The highest BCUT2D eigenvalue weighted by Gasteiger charge is 2.30. The smallest absolute Gasteiger partial charge is 0.322 e. The maximum atomic E-state index is 12.6. The zero-order valence-corrected chi connectivity index (χ0v) is 12.5. The molecule has 0 saturated heterocycles. The molecule has 0 atom stereocenters. The second-order valence-corrected chi connectivity index (χ2v) is 5.47. The lowest BCUT2D eigenvalue weighted by Crippen LogP contribution is -2.14. The van der Waals surface area contributed by atoms with Crippen molar-refractivity contribution < 1.29 is 18.0 Å². The van der Waals surface area contributed by atoms with Crippen LogP contribution in [0.1, 0.15) is 21.5 Å². The topological polar surface area (TPSA) is 29.1 Å². The third kappa shape index (κ3) is 4.07. The van der Waals surface area contributed by atoms with Gasteiger partial charge in [0, 0.05) is 15.7 Å². The first-order valence-corrected chi connectivity index (χ1v) is 6.81. The highest BCUT2D eigenvalue weighted by molar-refractivity contribution is 9.10. The SMILES string of the molecule is Cc1cc(Br)cc(NC(=O)c2cccc(C(F)(F)F)c2)c1. The lowest BCUT2D eigenvalue weighted by Gasteiger charge is -2.10. The van der Waals surface area contributed by atoms with Gasteiger partial charge in [-0.3, -0.25) is 4.79 Å². The van der Waals surface area contributed by atoms with E-state index in [1.165, 1.54) is 12.1 Å². The fourth-order valence-corrected chi connectivity index (χ4v) is 2.46. The summed E-state index contributed by atoms with van der Waals surface area (Å²) in [6, 6.07) is 9.59. The summed E-state index contributed by atoms with van der Waals surface area (Å²) < 4.78 is 38.7. The van der Waals surface area contributed by atoms with Crippen molar-refractivity contribution in [3.63, 3.8) is 0 Å². The summed E-state index contributed by atoms with van der Waals surface area (Å²) in [5.41, 5.74) is 0.552. The van der Waals surface area contributed by atoms with E-state index in [4.69, 9.17) is 0 Å². The summed E-state index contributed by atoms with van der Waals surface area (Å²) in [5, 5.41) is 2.58. The second-order valence-electron chi connectivity index (χ2n) is 4.55. The average Bonchev–Trinajstić information content (AvgIpc) is 2.36. The molecule has 0 saturated carbocycles. The molecule has 1 N–H and O–H groups in total. The zero-order chi connectivity index (χ0) is 15.6. The predicted octanol–water partition coefficient (Wildman–Crippen LogP) is 5.03. The van der Waals surface area contributed by atoms with Crippen LogP contribution in [-0.2, 0) is 6.18 Å². The summed E-state index contributed by atoms with van der Waals surface area (Å²) in [6.07, 6.45) is -4.47. The monoisotopic (exact) mass is 357 g/mol. The van der Waals surface area contributed by atoms with Crippen molar-refractivity contribution in [1.29, 1.82) is 0 Å². The number of benzene rings is 2. The van der Waals surface area contributed by atoms with Gasteiger partial charge in [0.05, 0.1) is 5.56 Å². The van der Waals surface area contributed by atoms with Gasteiger partial charge in [0.1, 0.15) is 0 Å². The molecule has 2 nitrogen and oxygen atoms in total. The molecular weight excluding hydrogens is 347 g/mol. The van der Waals surface area contributed by atoms with Crippen molar-refractivity contribution in [2.45, 2.75) is 13.1 Å². The standard InChI is InChI=1S/C15H11BrF3NO/c1-9-5-12(16)8-13(6-9)20-14(21)10-3-2-4-11(7-10)15(17,18)19/h2-8H,1H3,(H,20,21). The van der Waals surface area contributed by atoms with Gasteiger partial charge in [0.25, 0.3) is 5.91 Å². The van der Waals surface area contributed by atoms with Gasteiger partial charge in [-0.05, 0) is 48.9 Å². The van der Waals surface area contributed by atoms with Crippen LogP contribution in [-0.4, -0.2) is 5.91 Å². The minimum atomic E-state index is -4.47. The van der Waals surface area contributed by atoms with Gasteiger partial charge in [0.15, 0.2) is 0 Å². The number of alkyl halides is 3. The summed E-state index contributed by atoms with van der Waals surface area (Å²) in [5.74, 6) is -0.585. The molecule has 6 heteroatoms. The Morgan fingerprint density at radius 2 is 1.86 bits per heavy atom. The highest BCUT2D eigenvalue weighted by atomic mass is 79.9. The molecule has 0 aromatic heterocycles. The zero-order valence-electron chi connectivity index (χ0n) is 11.0. The number of hydrogen-bond acceptors (Lipinski definition) is 1. The molecule has 0 aliphatic heterocycles. The molecule has 0 unspecified atom stereocenters. The molecule has 0 aliphatic rings. The van der Waals surface area contributed by atoms with Crippen LogP contribution >= 0.6 is 15.9 Å². The normalized spacial score (nSPS) is 11.3. The Kier molecular flexibility index (Phi) is 4.37. The molecular formula is C15H11BrF3NO. The highest BCUT2D eigenvalue weighted by Crippen LogP contribution is 2.29. The Morgan fingerprint density at radius 3 is 2.48 bits per heavy atom. The van der Waals surface area contributed by atoms with Gasteiger partial charge >= 0.3 is 6.18 Å². The fourth-order valence-electron chi connectivity index (χ4n) is 1.85. The van der Waals surface area contributed by atoms with E-state index < -0.39 is 17.6 Å². The molecule has 21 heavy (non-hydrogen) atoms. The molecule has 2 aromatic carbocycles. The average molecular weight is 358 g/mol. The van der Waals surface area contributed by atoms with Crippen LogP contribution in [0.2, 0.25) is 0 Å². The van der Waals surface area contributed by atoms with E-state index in [0.717, 1.165) is 22.2 Å². The molecule has 0 heterocycles. The maximum absolute atomic E-state index is 12.6. The van der Waals surface area contributed by atoms with Crippen molar-refractivity contribution >= 4 is 27.5 Å². The fraction of sp³-hybridized carbons (Fsp3) is 0.133. The quantitative estimate of drug-likeness (QED) is 0.802. The number of amides is 1. The number of anilines is 1. The third-order valence-corrected chi connectivity index (χ3v) is 3.21. The first-order chi connectivity index (χ1) is 9.75. The van der Waals surface area contributed by atoms with Crippen LogP contribution in [0.4, 0.5) is 18.9 Å². The van der Waals surface area contributed by atoms with E-state index in [1.54, 1.807) is 12.1 Å². The second kappa shape index (κ2) is 5.89. The Morgan fingerprint density at radius 1 is 1.14 bits per heavy atom. The summed E-state index contributed by atoms with van der Waals surface area (Å²) in [6.45, 7) is 1.85. The lowest BCUT2D eigenvalue weighted by atomic mass is 10.1. The number of carbonyl (C=O) groups excluding carboxylic acids is 1. The van der Waals surface area contributed by atoms with E-state index in [-0.39, 0.29) is 5.56 Å². The van der Waals surface area contributed by atoms with Crippen LogP contribution < -0.4 is 5.32 Å². The molecule has 0 fully saturated rings. The molecule has 0 bridgehead atoms. The first-order valence-electron chi connectivity index (χ1n) is 6.01. The number of hydrogen-bond donors (Lipinski definition) is 1. The molecule has 0 radical (unpaired) electrons. The summed E-state index contributed by atoms with van der Waals surface area (Å²) in [7, 11) is 0. The van der Waals surface area contributed by atoms with E-state index in [2.05, 4.69) is 21.2 Å². The third-order valence-electron chi connectivity index (χ3n) is 2.75. The molecule has 1 amide bonds. The van der Waals surface area contributed by atoms with Crippen molar-refractivity contribution in [1.82, 2.24) is 0 Å². The summed E-state index contributed by atoms with van der Waals surface area (Å²) >= 11 is 3.30. The Bertz CT molecular complexity index is 663. The molecule has 0 aliphatic carbocycles. The van der Waals surface area contributed by atoms with E-state index in [9.17, 15) is 18.0 Å². The van der Waals surface area contributed by atoms with Gasteiger partial charge in [-0.15, -0.1) is 0 Å². The van der Waals surface area contributed by atoms with Crippen LogP contribution in [0.15, 0.2) is 46.9 Å². The van der Waals surface area contributed by atoms with E-state index in [0.29, 0.717) is 5.69 Å². The minimum absolute atomic E-state index is 0.0394. The number of carbonyl (C=O) groups is 1. The van der Waals surface area contributed by atoms with Crippen LogP contribution in [0.5, 0.6) is 0 Å². The van der Waals surface area contributed by atoms with Crippen molar-refractivity contribution in [2.75, 3.05) is 5.32 Å². The molecule has 2 rings (SSSR count). The maximum Gasteiger partial charge on any atom is 0.416 e. The number of rotatable bonds is 2. The van der Waals surface area contributed by atoms with Gasteiger partial charge in [-0.2, -0.15) is 13.2 Å². The van der Waals surface area contributed by atoms with E-state index in [1.807, 2.05) is 13.0 Å². The molecule has 2 aromatic rings. The van der Waals surface area contributed by atoms with Crippen molar-refractivity contribution in [2.24, 2.45) is 0 Å². The Labute approximate surface area is 128 Å². The Hall–Kier alpha value is -1.82. The summed E-state index contributed by atoms with van der Waals surface area (Å²) in [4.78, 5) is 12.0. The van der Waals surface area contributed by atoms with Gasteiger partial charge in [-0.1, -0.05) is 22.0 Å². The Balaban J connectivity index is 2.24. The first kappa shape index (κ1) is 15.6. The van der Waals surface area contributed by atoms with Crippen LogP contribution in [0.25, 0.3) is 0 Å². The van der Waals surface area contributed by atoms with Crippen LogP contribution in [0, 0.1) is 6.92 Å². The predicted molar refractivity (Wildman–Crippen MR) is 78.3 cm³/mol. The largest absolute Gasteiger partial charge is 0.416 e. The number of halogens is 4. The van der Waals surface area contributed by atoms with Crippen molar-refractivity contribution in [3.05, 3.63) is 63.6 Å². The van der Waals surface area contributed by atoms with Crippen molar-refractivity contribution in [3.8, 4) is 0 Å². The van der Waals surface area contributed by atoms with Gasteiger partial charge in [0.2, 0.25) is 0 Å². The van der Waals surface area contributed by atoms with Gasteiger partial charge in [-0.25, -0.2) is 0 Å². The molecule has 0 spiro atoms. The molecule has 110 valence electrons. The number of nitrogens with one attached hydrogen (secondary N) is 1. The lowest BCUT2D eigenvalue weighted by molar-refractivity contribution is -0.137. The van der Waals surface area contributed by atoms with E-state index >= 15 is 0 Å². The van der Waals surface area contributed by atoms with Crippen LogP contribution in [0.3, 0.4) is 0 Å². The number of aryl methyl sites for hydroxylation is 1. The minimum Gasteiger partial charge on any atom is -0.322 e.